The minimum atomic E-state index is -0.740. The van der Waals surface area contributed by atoms with E-state index in [9.17, 15) is 9.59 Å². The van der Waals surface area contributed by atoms with Crippen LogP contribution in [0.5, 0.6) is 0 Å². The van der Waals surface area contributed by atoms with E-state index >= 15 is 0 Å². The summed E-state index contributed by atoms with van der Waals surface area (Å²) in [7, 11) is 0. The van der Waals surface area contributed by atoms with E-state index in [1.54, 1.807) is 0 Å². The lowest BCUT2D eigenvalue weighted by atomic mass is 10.3. The van der Waals surface area contributed by atoms with Crippen LogP contribution in [0.15, 0.2) is 34.5 Å². The predicted octanol–water partition coefficient (Wildman–Crippen LogP) is -0.00720. The maximum atomic E-state index is 11.0. The number of carbonyl (C=O) groups excluding carboxylic acids is 2. The number of nitrogens with zero attached hydrogens (tertiary/aromatic N) is 2. The summed E-state index contributed by atoms with van der Waals surface area (Å²) in [4.78, 5) is 29.1. The van der Waals surface area contributed by atoms with Gasteiger partial charge in [0.1, 0.15) is 11.4 Å². The topological polar surface area (TPSA) is 68.1 Å². The first-order valence-corrected chi connectivity index (χ1v) is 3.52. The molecule has 0 amide bonds. The Morgan fingerprint density at radius 2 is 1.38 bits per heavy atom. The van der Waals surface area contributed by atoms with Crippen LogP contribution in [-0.2, 0) is 14.3 Å². The van der Waals surface area contributed by atoms with E-state index in [0.717, 1.165) is 0 Å². The van der Waals surface area contributed by atoms with Crippen molar-refractivity contribution in [3.05, 3.63) is 24.6 Å². The average molecular weight is 176 g/mol. The van der Waals surface area contributed by atoms with E-state index in [2.05, 4.69) is 14.7 Å². The van der Waals surface area contributed by atoms with Gasteiger partial charge in [-0.05, 0) is 12.2 Å². The van der Waals surface area contributed by atoms with Crippen LogP contribution in [0.4, 0.5) is 0 Å². The van der Waals surface area contributed by atoms with Gasteiger partial charge < -0.3 is 4.74 Å². The predicted molar refractivity (Wildman–Crippen MR) is 44.2 cm³/mol. The summed E-state index contributed by atoms with van der Waals surface area (Å²) in [5.41, 5.74) is 0.300. The molecule has 0 unspecified atom stereocenters. The van der Waals surface area contributed by atoms with E-state index in [1.807, 2.05) is 0 Å². The van der Waals surface area contributed by atoms with Gasteiger partial charge in [-0.15, -0.1) is 0 Å². The van der Waals surface area contributed by atoms with E-state index < -0.39 is 11.9 Å². The quantitative estimate of drug-likeness (QED) is 0.439. The lowest BCUT2D eigenvalue weighted by molar-refractivity contribution is -0.149. The fourth-order valence-electron chi connectivity index (χ4n) is 0.728. The molecule has 0 aliphatic carbocycles. The maximum Gasteiger partial charge on any atom is 0.364 e. The third-order valence-corrected chi connectivity index (χ3v) is 1.50. The molecule has 0 bridgehead atoms. The van der Waals surface area contributed by atoms with E-state index in [4.69, 9.17) is 0 Å². The Labute approximate surface area is 73.1 Å². The van der Waals surface area contributed by atoms with Gasteiger partial charge in [-0.3, -0.25) is 0 Å². The highest BCUT2D eigenvalue weighted by Crippen LogP contribution is 2.02. The molecule has 0 atom stereocenters. The van der Waals surface area contributed by atoms with Crippen molar-refractivity contribution in [3.63, 3.8) is 0 Å². The number of hydrogen-bond acceptors (Lipinski definition) is 5. The smallest absolute Gasteiger partial charge is 0.364 e. The van der Waals surface area contributed by atoms with Gasteiger partial charge in [0.15, 0.2) is 0 Å². The van der Waals surface area contributed by atoms with Crippen LogP contribution < -0.4 is 0 Å². The van der Waals surface area contributed by atoms with Crippen LogP contribution in [0.1, 0.15) is 0 Å². The van der Waals surface area contributed by atoms with E-state index in [0.29, 0.717) is 0 Å². The standard InChI is InChI=1S/C8H4N2O3/c11-7(5-1-3-9-5)13-8(12)6-2-4-10-6/h1-4H. The first-order chi connectivity index (χ1) is 6.27. The van der Waals surface area contributed by atoms with Crippen molar-refractivity contribution in [2.45, 2.75) is 0 Å². The first kappa shape index (κ1) is 7.60. The zero-order valence-electron chi connectivity index (χ0n) is 6.43. The maximum absolute atomic E-state index is 11.0. The second kappa shape index (κ2) is 2.78. The van der Waals surface area contributed by atoms with Crippen molar-refractivity contribution < 1.29 is 14.3 Å². The molecular weight excluding hydrogens is 172 g/mol. The molecule has 13 heavy (non-hydrogen) atoms. The number of ether oxygens (including phenoxy) is 1. The summed E-state index contributed by atoms with van der Waals surface area (Å²) in [6.45, 7) is 0. The third kappa shape index (κ3) is 1.31. The van der Waals surface area contributed by atoms with Crippen molar-refractivity contribution in [2.24, 2.45) is 9.98 Å². The van der Waals surface area contributed by atoms with Crippen molar-refractivity contribution in [1.82, 2.24) is 0 Å². The molecule has 0 saturated heterocycles. The molecule has 64 valence electrons. The Kier molecular flexibility index (Phi) is 1.63. The Morgan fingerprint density at radius 1 is 1.00 bits per heavy atom. The molecule has 0 N–H and O–H groups in total. The molecule has 5 heteroatoms. The van der Waals surface area contributed by atoms with Crippen LogP contribution in [0.3, 0.4) is 0 Å². The molecule has 2 heterocycles. The number of hydrogen-bond donors (Lipinski definition) is 0. The zero-order chi connectivity index (χ0) is 9.26. The molecule has 2 rings (SSSR count). The highest BCUT2D eigenvalue weighted by Gasteiger charge is 2.21. The van der Waals surface area contributed by atoms with Gasteiger partial charge in [-0.2, -0.15) is 0 Å². The number of carbonyl (C=O) groups is 2. The van der Waals surface area contributed by atoms with Gasteiger partial charge in [0.2, 0.25) is 0 Å². The summed E-state index contributed by atoms with van der Waals surface area (Å²) in [5, 5.41) is 0. The Bertz CT molecular complexity index is 364. The summed E-state index contributed by atoms with van der Waals surface area (Å²) in [6.07, 6.45) is 5.83. The lowest BCUT2D eigenvalue weighted by Gasteiger charge is -2.06. The second-order valence-electron chi connectivity index (χ2n) is 2.34. The summed E-state index contributed by atoms with van der Waals surface area (Å²) < 4.78 is 4.42. The van der Waals surface area contributed by atoms with Crippen LogP contribution >= 0.6 is 0 Å². The van der Waals surface area contributed by atoms with E-state index in [1.165, 1.54) is 24.6 Å². The van der Waals surface area contributed by atoms with Crippen LogP contribution in [0, 0.1) is 0 Å². The van der Waals surface area contributed by atoms with Gasteiger partial charge in [0.05, 0.1) is 0 Å². The van der Waals surface area contributed by atoms with Gasteiger partial charge in [0, 0.05) is 12.4 Å². The SMILES string of the molecule is O=C(OC(=O)C1=NC=C1)C1=NC=C1. The summed E-state index contributed by atoms with van der Waals surface area (Å²) >= 11 is 0. The molecule has 0 aromatic heterocycles. The average Bonchev–Trinajstić information content (AvgIpc) is 1.76. The van der Waals surface area contributed by atoms with Crippen LogP contribution in [0.2, 0.25) is 0 Å². The van der Waals surface area contributed by atoms with Crippen LogP contribution in [0.25, 0.3) is 0 Å². The van der Waals surface area contributed by atoms with Gasteiger partial charge in [-0.25, -0.2) is 19.6 Å². The highest BCUT2D eigenvalue weighted by atomic mass is 16.6. The zero-order valence-corrected chi connectivity index (χ0v) is 6.43. The van der Waals surface area contributed by atoms with Gasteiger partial charge >= 0.3 is 11.9 Å². The molecule has 5 nitrogen and oxygen atoms in total. The molecule has 0 spiro atoms. The highest BCUT2D eigenvalue weighted by molar-refractivity contribution is 6.50. The Balaban J connectivity index is 1.90. The molecule has 0 aromatic rings. The number of aliphatic imine (C=N–C) groups is 2. The minimum absolute atomic E-state index is 0.150. The molecular formula is C8H4N2O3. The second-order valence-corrected chi connectivity index (χ2v) is 2.34. The van der Waals surface area contributed by atoms with E-state index in [-0.39, 0.29) is 11.4 Å². The largest absolute Gasteiger partial charge is 0.383 e. The molecule has 0 radical (unpaired) electrons. The van der Waals surface area contributed by atoms with Crippen molar-refractivity contribution in [2.75, 3.05) is 0 Å². The Morgan fingerprint density at radius 3 is 1.62 bits per heavy atom. The van der Waals surface area contributed by atoms with Crippen LogP contribution in [-0.4, -0.2) is 23.4 Å². The van der Waals surface area contributed by atoms with Gasteiger partial charge in [-0.1, -0.05) is 0 Å². The lowest BCUT2D eigenvalue weighted by Crippen LogP contribution is -2.27. The first-order valence-electron chi connectivity index (χ1n) is 3.52. The van der Waals surface area contributed by atoms with Crippen molar-refractivity contribution >= 4 is 23.4 Å². The minimum Gasteiger partial charge on any atom is -0.383 e. The third-order valence-electron chi connectivity index (χ3n) is 1.50. The molecule has 2 aliphatic rings. The van der Waals surface area contributed by atoms with Crippen molar-refractivity contribution in [1.29, 1.82) is 0 Å². The van der Waals surface area contributed by atoms with Gasteiger partial charge in [0.25, 0.3) is 0 Å². The fraction of sp³-hybridized carbons (Fsp3) is 0. The molecule has 0 saturated carbocycles. The number of esters is 2. The monoisotopic (exact) mass is 176 g/mol. The number of rotatable bonds is 2. The molecule has 0 fully saturated rings. The fourth-order valence-corrected chi connectivity index (χ4v) is 0.728. The molecule has 0 aromatic carbocycles. The summed E-state index contributed by atoms with van der Waals surface area (Å²) in [5.74, 6) is -1.48. The Hall–Kier alpha value is -2.04. The molecule has 2 aliphatic heterocycles. The normalized spacial score (nSPS) is 16.6. The summed E-state index contributed by atoms with van der Waals surface area (Å²) in [6, 6.07) is 0. The van der Waals surface area contributed by atoms with Crippen molar-refractivity contribution in [3.8, 4) is 0 Å².